The Labute approximate surface area is 184 Å². The molecule has 0 bridgehead atoms. The smallest absolute Gasteiger partial charge is 0.419 e. The van der Waals surface area contributed by atoms with Gasteiger partial charge in [0.1, 0.15) is 12.7 Å². The molecule has 2 heterocycles. The van der Waals surface area contributed by atoms with Crippen LogP contribution in [-0.4, -0.2) is 59.5 Å². The van der Waals surface area contributed by atoms with Gasteiger partial charge in [-0.3, -0.25) is 4.84 Å². The fraction of sp³-hybridized carbons (Fsp3) is 0.684. The third-order valence-corrected chi connectivity index (χ3v) is 4.35. The molecule has 0 aliphatic carbocycles. The molecule has 1 aromatic rings. The first-order valence-corrected chi connectivity index (χ1v) is 10.1. The molecule has 32 heavy (non-hydrogen) atoms. The van der Waals surface area contributed by atoms with Crippen LogP contribution in [0.25, 0.3) is 0 Å². The highest BCUT2D eigenvalue weighted by Crippen LogP contribution is 2.28. The number of hydroxylamine groups is 1. The van der Waals surface area contributed by atoms with Gasteiger partial charge in [-0.25, -0.2) is 25.0 Å². The molecule has 1 saturated heterocycles. The molecule has 13 heteroatoms. The van der Waals surface area contributed by atoms with E-state index in [2.05, 4.69) is 26.1 Å². The van der Waals surface area contributed by atoms with E-state index in [4.69, 9.17) is 9.57 Å². The van der Waals surface area contributed by atoms with Crippen LogP contribution in [0.4, 0.5) is 28.7 Å². The summed E-state index contributed by atoms with van der Waals surface area (Å²) in [7, 11) is 0. The van der Waals surface area contributed by atoms with Gasteiger partial charge in [0.2, 0.25) is 5.95 Å². The van der Waals surface area contributed by atoms with Crippen molar-refractivity contribution in [2.45, 2.75) is 64.4 Å². The Kier molecular flexibility index (Phi) is 8.47. The summed E-state index contributed by atoms with van der Waals surface area (Å²) in [5.41, 5.74) is 0.913. The number of alkyl halides is 3. The number of anilines is 1. The lowest BCUT2D eigenvalue weighted by molar-refractivity contribution is -0.138. The molecule has 3 amide bonds. The zero-order chi connectivity index (χ0) is 23.9. The number of carbonyl (C=O) groups is 2. The van der Waals surface area contributed by atoms with Crippen molar-refractivity contribution in [1.82, 2.24) is 26.1 Å². The fourth-order valence-electron chi connectivity index (χ4n) is 2.85. The number of halogens is 3. The van der Waals surface area contributed by atoms with E-state index < -0.39 is 35.5 Å². The number of rotatable bonds is 6. The van der Waals surface area contributed by atoms with E-state index in [1.807, 2.05) is 20.8 Å². The molecule has 0 aromatic carbocycles. The van der Waals surface area contributed by atoms with Gasteiger partial charge in [-0.15, -0.1) is 0 Å². The van der Waals surface area contributed by atoms with E-state index in [0.717, 1.165) is 12.4 Å². The van der Waals surface area contributed by atoms with E-state index in [0.29, 0.717) is 25.9 Å². The topological polar surface area (TPSA) is 118 Å². The van der Waals surface area contributed by atoms with Gasteiger partial charge in [-0.05, 0) is 40.5 Å². The Bertz CT molecular complexity index is 762. The Balaban J connectivity index is 1.66. The van der Waals surface area contributed by atoms with Crippen LogP contribution in [-0.2, 0) is 15.8 Å². The summed E-state index contributed by atoms with van der Waals surface area (Å²) in [4.78, 5) is 38.0. The van der Waals surface area contributed by atoms with Crippen LogP contribution in [0.15, 0.2) is 12.4 Å². The van der Waals surface area contributed by atoms with Gasteiger partial charge in [0.15, 0.2) is 0 Å². The predicted molar refractivity (Wildman–Crippen MR) is 109 cm³/mol. The van der Waals surface area contributed by atoms with Crippen LogP contribution in [0.5, 0.6) is 0 Å². The van der Waals surface area contributed by atoms with Crippen LogP contribution in [0.3, 0.4) is 0 Å². The van der Waals surface area contributed by atoms with Gasteiger partial charge in [0.05, 0.1) is 5.56 Å². The lowest BCUT2D eigenvalue weighted by Gasteiger charge is -2.32. The Morgan fingerprint density at radius 1 is 1.19 bits per heavy atom. The van der Waals surface area contributed by atoms with Gasteiger partial charge in [-0.2, -0.15) is 13.2 Å². The normalized spacial score (nSPS) is 16.3. The predicted octanol–water partition coefficient (Wildman–Crippen LogP) is 2.61. The van der Waals surface area contributed by atoms with Crippen molar-refractivity contribution in [2.24, 2.45) is 0 Å². The van der Waals surface area contributed by atoms with Gasteiger partial charge >= 0.3 is 18.3 Å². The summed E-state index contributed by atoms with van der Waals surface area (Å²) in [6.45, 7) is 8.01. The molecule has 1 aliphatic heterocycles. The highest BCUT2D eigenvalue weighted by Gasteiger charge is 2.32. The first kappa shape index (κ1) is 25.4. The molecule has 0 saturated carbocycles. The van der Waals surface area contributed by atoms with Crippen molar-refractivity contribution >= 4 is 18.1 Å². The molecule has 1 atom stereocenters. The number of piperidine rings is 1. The summed E-state index contributed by atoms with van der Waals surface area (Å²) >= 11 is 0. The van der Waals surface area contributed by atoms with E-state index in [1.54, 1.807) is 11.8 Å². The van der Waals surface area contributed by atoms with Crippen molar-refractivity contribution in [3.63, 3.8) is 0 Å². The number of alkyl carbamates (subject to hydrolysis) is 1. The van der Waals surface area contributed by atoms with Crippen molar-refractivity contribution in [3.8, 4) is 0 Å². The molecular weight excluding hydrogens is 433 g/mol. The van der Waals surface area contributed by atoms with Crippen molar-refractivity contribution in [1.29, 1.82) is 0 Å². The molecule has 0 spiro atoms. The monoisotopic (exact) mass is 462 g/mol. The molecular formula is C19H29F3N6O4. The average Bonchev–Trinajstić information content (AvgIpc) is 2.66. The number of hydrogen-bond acceptors (Lipinski definition) is 7. The number of carbonyl (C=O) groups excluding carboxylic acids is 2. The second kappa shape index (κ2) is 10.7. The molecule has 2 rings (SSSR count). The third kappa shape index (κ3) is 8.73. The number of amides is 3. The molecule has 0 unspecified atom stereocenters. The van der Waals surface area contributed by atoms with Crippen LogP contribution >= 0.6 is 0 Å². The molecule has 180 valence electrons. The SMILES string of the molecule is C[C@@H](CONC(=O)NC1CCN(c2ncc(C(F)(F)F)cn2)CC1)OC(=O)NC(C)(C)C. The van der Waals surface area contributed by atoms with Gasteiger partial charge in [-0.1, -0.05) is 0 Å². The number of urea groups is 1. The van der Waals surface area contributed by atoms with E-state index in [1.165, 1.54) is 0 Å². The Morgan fingerprint density at radius 3 is 2.31 bits per heavy atom. The minimum absolute atomic E-state index is 0.0330. The van der Waals surface area contributed by atoms with Crippen molar-refractivity contribution < 1.29 is 32.3 Å². The summed E-state index contributed by atoms with van der Waals surface area (Å²) in [6, 6.07) is -0.684. The second-order valence-corrected chi connectivity index (χ2v) is 8.51. The van der Waals surface area contributed by atoms with Crippen LogP contribution in [0, 0.1) is 0 Å². The second-order valence-electron chi connectivity index (χ2n) is 8.51. The highest BCUT2D eigenvalue weighted by molar-refractivity contribution is 5.73. The van der Waals surface area contributed by atoms with Crippen molar-refractivity contribution in [3.05, 3.63) is 18.0 Å². The molecule has 3 N–H and O–H groups in total. The summed E-state index contributed by atoms with van der Waals surface area (Å²) < 4.78 is 42.9. The Hall–Kier alpha value is -2.83. The molecule has 1 aliphatic rings. The molecule has 0 radical (unpaired) electrons. The fourth-order valence-corrected chi connectivity index (χ4v) is 2.85. The van der Waals surface area contributed by atoms with Gasteiger partial charge in [0, 0.05) is 37.1 Å². The first-order chi connectivity index (χ1) is 14.8. The largest absolute Gasteiger partial charge is 0.444 e. The minimum atomic E-state index is -4.48. The summed E-state index contributed by atoms with van der Waals surface area (Å²) in [5, 5.41) is 5.40. The van der Waals surface area contributed by atoms with Crippen molar-refractivity contribution in [2.75, 3.05) is 24.6 Å². The summed E-state index contributed by atoms with van der Waals surface area (Å²) in [5.74, 6) is 0.216. The maximum absolute atomic E-state index is 12.6. The number of ether oxygens (including phenoxy) is 1. The van der Waals surface area contributed by atoms with Gasteiger partial charge in [0.25, 0.3) is 0 Å². The number of nitrogens with zero attached hydrogens (tertiary/aromatic N) is 3. The lowest BCUT2D eigenvalue weighted by Crippen LogP contribution is -2.48. The minimum Gasteiger partial charge on any atom is -0.444 e. The number of aromatic nitrogens is 2. The standard InChI is InChI=1S/C19H29F3N6O4/c1-12(32-17(30)26-18(2,3)4)11-31-27-16(29)25-14-5-7-28(8-6-14)15-23-9-13(10-24-15)19(20,21)22/h9-10,12,14H,5-8,11H2,1-4H3,(H,26,30)(H2,25,27,29)/t12-/m0/s1. The maximum Gasteiger partial charge on any atom is 0.419 e. The van der Waals surface area contributed by atoms with E-state index >= 15 is 0 Å². The number of hydrogen-bond donors (Lipinski definition) is 3. The lowest BCUT2D eigenvalue weighted by atomic mass is 10.1. The van der Waals surface area contributed by atoms with Crippen LogP contribution in [0.2, 0.25) is 0 Å². The maximum atomic E-state index is 12.6. The molecule has 1 aromatic heterocycles. The van der Waals surface area contributed by atoms with Gasteiger partial charge < -0.3 is 20.3 Å². The highest BCUT2D eigenvalue weighted by atomic mass is 19.4. The quantitative estimate of drug-likeness (QED) is 0.556. The van der Waals surface area contributed by atoms with E-state index in [9.17, 15) is 22.8 Å². The number of nitrogens with one attached hydrogen (secondary N) is 3. The van der Waals surface area contributed by atoms with Crippen LogP contribution < -0.4 is 21.0 Å². The zero-order valence-corrected chi connectivity index (χ0v) is 18.5. The average molecular weight is 462 g/mol. The Morgan fingerprint density at radius 2 is 1.78 bits per heavy atom. The van der Waals surface area contributed by atoms with E-state index in [-0.39, 0.29) is 18.6 Å². The molecule has 1 fully saturated rings. The first-order valence-electron chi connectivity index (χ1n) is 10.1. The third-order valence-electron chi connectivity index (χ3n) is 4.35. The molecule has 10 nitrogen and oxygen atoms in total. The zero-order valence-electron chi connectivity index (χ0n) is 18.5. The summed E-state index contributed by atoms with van der Waals surface area (Å²) in [6.07, 6.45) is -3.00. The van der Waals surface area contributed by atoms with Crippen LogP contribution in [0.1, 0.15) is 46.1 Å².